The summed E-state index contributed by atoms with van der Waals surface area (Å²) in [5.74, 6) is 2.37. The van der Waals surface area contributed by atoms with E-state index in [2.05, 4.69) is 62.1 Å². The summed E-state index contributed by atoms with van der Waals surface area (Å²) in [6.07, 6.45) is 19.4. The minimum atomic E-state index is 0.763. The lowest BCUT2D eigenvalue weighted by atomic mass is 9.76. The predicted octanol–water partition coefficient (Wildman–Crippen LogP) is 8.90. The minimum absolute atomic E-state index is 0.763. The second kappa shape index (κ2) is 9.19. The van der Waals surface area contributed by atoms with Crippen molar-refractivity contribution in [3.05, 3.63) is 76.9 Å². The summed E-state index contributed by atoms with van der Waals surface area (Å²) >= 11 is 0. The van der Waals surface area contributed by atoms with Gasteiger partial charge in [0.05, 0.1) is 0 Å². The van der Waals surface area contributed by atoms with Crippen molar-refractivity contribution in [1.82, 2.24) is 0 Å². The molecule has 0 nitrogen and oxygen atoms in total. The number of fused-ring (bicyclic) bond motifs is 1. The Bertz CT molecular complexity index is 962. The standard InChI is InChI=1S/C31H38/c1-22(2)25-16-14-23(15-17-25)18-24-19-28(26-8-4-3-5-9-26)21-29(20-24)31-13-7-11-27-10-6-12-30(27)31/h6-7,11-13,19-21,23,25-26H,1,3-5,8-10,14-18H2,2H3. The van der Waals surface area contributed by atoms with E-state index in [1.807, 2.05) is 0 Å². The maximum absolute atomic E-state index is 4.22. The van der Waals surface area contributed by atoms with Gasteiger partial charge in [-0.1, -0.05) is 80.0 Å². The molecule has 3 aliphatic carbocycles. The van der Waals surface area contributed by atoms with Gasteiger partial charge in [-0.15, -0.1) is 0 Å². The van der Waals surface area contributed by atoms with Gasteiger partial charge < -0.3 is 0 Å². The van der Waals surface area contributed by atoms with Crippen LogP contribution in [0.4, 0.5) is 0 Å². The van der Waals surface area contributed by atoms with Gasteiger partial charge in [0.25, 0.3) is 0 Å². The third-order valence-electron chi connectivity index (χ3n) is 8.29. The largest absolute Gasteiger partial charge is 0.0999 e. The zero-order valence-electron chi connectivity index (χ0n) is 19.3. The Hall–Kier alpha value is -2.08. The lowest BCUT2D eigenvalue weighted by molar-refractivity contribution is 0.300. The minimum Gasteiger partial charge on any atom is -0.0999 e. The van der Waals surface area contributed by atoms with Gasteiger partial charge in [-0.3, -0.25) is 0 Å². The number of benzene rings is 2. The molecule has 0 radical (unpaired) electrons. The van der Waals surface area contributed by atoms with Gasteiger partial charge in [-0.2, -0.15) is 0 Å². The van der Waals surface area contributed by atoms with Crippen LogP contribution in [0.5, 0.6) is 0 Å². The Morgan fingerprint density at radius 1 is 0.935 bits per heavy atom. The summed E-state index contributed by atoms with van der Waals surface area (Å²) in [4.78, 5) is 0. The number of rotatable bonds is 5. The van der Waals surface area contributed by atoms with Crippen LogP contribution in [-0.4, -0.2) is 0 Å². The molecule has 2 aromatic carbocycles. The molecule has 0 spiro atoms. The maximum Gasteiger partial charge on any atom is -0.00879 e. The molecule has 0 heteroatoms. The van der Waals surface area contributed by atoms with Crippen molar-refractivity contribution in [2.24, 2.45) is 11.8 Å². The molecule has 0 aliphatic heterocycles. The van der Waals surface area contributed by atoms with Crippen molar-refractivity contribution in [2.75, 3.05) is 0 Å². The van der Waals surface area contributed by atoms with Crippen LogP contribution in [0.15, 0.2) is 54.6 Å². The molecular weight excluding hydrogens is 372 g/mol. The van der Waals surface area contributed by atoms with Crippen molar-refractivity contribution in [3.63, 3.8) is 0 Å². The summed E-state index contributed by atoms with van der Waals surface area (Å²) in [6.45, 7) is 6.44. The van der Waals surface area contributed by atoms with Gasteiger partial charge in [0.1, 0.15) is 0 Å². The van der Waals surface area contributed by atoms with Gasteiger partial charge in [0.2, 0.25) is 0 Å². The van der Waals surface area contributed by atoms with Crippen LogP contribution < -0.4 is 0 Å². The van der Waals surface area contributed by atoms with Crippen molar-refractivity contribution in [3.8, 4) is 11.1 Å². The van der Waals surface area contributed by atoms with Gasteiger partial charge in [0, 0.05) is 0 Å². The molecule has 0 heterocycles. The first-order valence-corrected chi connectivity index (χ1v) is 12.8. The Kier molecular flexibility index (Phi) is 6.17. The third kappa shape index (κ3) is 4.59. The van der Waals surface area contributed by atoms with E-state index < -0.39 is 0 Å². The zero-order valence-corrected chi connectivity index (χ0v) is 19.3. The quantitative estimate of drug-likeness (QED) is 0.432. The summed E-state index contributed by atoms with van der Waals surface area (Å²) in [6, 6.07) is 14.6. The number of hydrogen-bond donors (Lipinski definition) is 0. The molecule has 31 heavy (non-hydrogen) atoms. The lowest BCUT2D eigenvalue weighted by Crippen LogP contribution is -2.17. The van der Waals surface area contributed by atoms with Crippen LogP contribution in [0.1, 0.15) is 92.9 Å². The fourth-order valence-electron chi connectivity index (χ4n) is 6.40. The van der Waals surface area contributed by atoms with Crippen LogP contribution in [0.25, 0.3) is 17.2 Å². The van der Waals surface area contributed by atoms with Crippen LogP contribution in [0.3, 0.4) is 0 Å². The predicted molar refractivity (Wildman–Crippen MR) is 134 cm³/mol. The smallest absolute Gasteiger partial charge is 0.00879 e. The monoisotopic (exact) mass is 410 g/mol. The topological polar surface area (TPSA) is 0 Å². The third-order valence-corrected chi connectivity index (χ3v) is 8.29. The molecule has 162 valence electrons. The summed E-state index contributed by atoms with van der Waals surface area (Å²) in [7, 11) is 0. The molecule has 0 saturated heterocycles. The molecule has 0 bridgehead atoms. The molecule has 0 atom stereocenters. The SMILES string of the molecule is C=C(C)C1CCC(Cc2cc(-c3cccc4c3C=CC4)cc(C3CCCCC3)c2)CC1. The fraction of sp³-hybridized carbons (Fsp3) is 0.484. The Morgan fingerprint density at radius 3 is 2.52 bits per heavy atom. The van der Waals surface area contributed by atoms with E-state index in [0.717, 1.165) is 24.2 Å². The molecular formula is C31H38. The summed E-state index contributed by atoms with van der Waals surface area (Å²) in [5, 5.41) is 0. The van der Waals surface area contributed by atoms with E-state index in [4.69, 9.17) is 0 Å². The van der Waals surface area contributed by atoms with Gasteiger partial charge >= 0.3 is 0 Å². The van der Waals surface area contributed by atoms with E-state index in [1.165, 1.54) is 92.0 Å². The molecule has 0 N–H and O–H groups in total. The molecule has 0 amide bonds. The van der Waals surface area contributed by atoms with Crippen molar-refractivity contribution in [1.29, 1.82) is 0 Å². The first-order chi connectivity index (χ1) is 15.2. The highest BCUT2D eigenvalue weighted by molar-refractivity contribution is 5.80. The van der Waals surface area contributed by atoms with Crippen LogP contribution in [0, 0.1) is 11.8 Å². The number of hydrogen-bond acceptors (Lipinski definition) is 0. The normalized spacial score (nSPS) is 23.6. The average Bonchev–Trinajstić information content (AvgIpc) is 3.29. The lowest BCUT2D eigenvalue weighted by Gasteiger charge is -2.29. The molecule has 2 saturated carbocycles. The molecule has 3 aliphatic rings. The maximum atomic E-state index is 4.22. The molecule has 5 rings (SSSR count). The summed E-state index contributed by atoms with van der Waals surface area (Å²) in [5.41, 5.74) is 10.4. The molecule has 2 fully saturated rings. The second-order valence-electron chi connectivity index (χ2n) is 10.6. The zero-order chi connectivity index (χ0) is 21.2. The van der Waals surface area contributed by atoms with E-state index >= 15 is 0 Å². The number of allylic oxidation sites excluding steroid dienone is 2. The average molecular weight is 411 g/mol. The van der Waals surface area contributed by atoms with Crippen molar-refractivity contribution in [2.45, 2.75) is 83.5 Å². The Labute approximate surface area is 189 Å². The van der Waals surface area contributed by atoms with Gasteiger partial charge in [-0.25, -0.2) is 0 Å². The Morgan fingerprint density at radius 2 is 1.74 bits per heavy atom. The van der Waals surface area contributed by atoms with Gasteiger partial charge in [0.15, 0.2) is 0 Å². The van der Waals surface area contributed by atoms with Crippen LogP contribution in [-0.2, 0) is 12.8 Å². The second-order valence-corrected chi connectivity index (χ2v) is 10.6. The van der Waals surface area contributed by atoms with E-state index in [0.29, 0.717) is 0 Å². The van der Waals surface area contributed by atoms with Gasteiger partial charge in [-0.05, 0) is 109 Å². The van der Waals surface area contributed by atoms with Crippen molar-refractivity contribution < 1.29 is 0 Å². The highest BCUT2D eigenvalue weighted by Crippen LogP contribution is 2.39. The summed E-state index contributed by atoms with van der Waals surface area (Å²) < 4.78 is 0. The first-order valence-electron chi connectivity index (χ1n) is 12.8. The molecule has 0 unspecified atom stereocenters. The van der Waals surface area contributed by atoms with E-state index in [-0.39, 0.29) is 0 Å². The van der Waals surface area contributed by atoms with Crippen molar-refractivity contribution >= 4 is 6.08 Å². The molecule has 2 aromatic rings. The highest BCUT2D eigenvalue weighted by Gasteiger charge is 2.23. The van der Waals surface area contributed by atoms with E-state index in [1.54, 1.807) is 11.1 Å². The molecule has 0 aromatic heterocycles. The first kappa shape index (κ1) is 20.8. The fourth-order valence-corrected chi connectivity index (χ4v) is 6.40. The Balaban J connectivity index is 1.45. The highest BCUT2D eigenvalue weighted by atomic mass is 14.3. The van der Waals surface area contributed by atoms with Crippen LogP contribution in [0.2, 0.25) is 0 Å². The van der Waals surface area contributed by atoms with E-state index in [9.17, 15) is 0 Å². The van der Waals surface area contributed by atoms with Crippen LogP contribution >= 0.6 is 0 Å².